The number of carbonyl (C=O) groups is 2. The number of nitrogens with zero attached hydrogens (tertiary/aromatic N) is 3. The Kier molecular flexibility index (Phi) is 12.8. The van der Waals surface area contributed by atoms with Crippen LogP contribution in [-0.4, -0.2) is 83.2 Å². The molecule has 0 unspecified atom stereocenters. The summed E-state index contributed by atoms with van der Waals surface area (Å²) in [4.78, 5) is 32.9. The molecule has 3 atom stereocenters. The highest BCUT2D eigenvalue weighted by Crippen LogP contribution is 2.41. The lowest BCUT2D eigenvalue weighted by molar-refractivity contribution is -0.0893. The van der Waals surface area contributed by atoms with E-state index in [4.69, 9.17) is 9.47 Å². The van der Waals surface area contributed by atoms with Crippen molar-refractivity contribution in [2.24, 2.45) is 0 Å². The zero-order valence-corrected chi connectivity index (χ0v) is 25.9. The first kappa shape index (κ1) is 34.3. The summed E-state index contributed by atoms with van der Waals surface area (Å²) in [5, 5.41) is 17.7. The number of methoxy groups -OCH3 is 1. The number of ether oxygens (including phenoxy) is 2. The monoisotopic (exact) mass is 633 g/mol. The summed E-state index contributed by atoms with van der Waals surface area (Å²) in [7, 11) is 1.60. The molecule has 0 spiro atoms. The third kappa shape index (κ3) is 8.07. The molecular formula is C31H41Cl2N5O5. The lowest BCUT2D eigenvalue weighted by atomic mass is 9.80. The van der Waals surface area contributed by atoms with E-state index >= 15 is 0 Å². The van der Waals surface area contributed by atoms with Gasteiger partial charge >= 0.3 is 6.09 Å². The molecule has 1 saturated heterocycles. The van der Waals surface area contributed by atoms with E-state index in [2.05, 4.69) is 15.6 Å². The quantitative estimate of drug-likeness (QED) is 0.305. The van der Waals surface area contributed by atoms with Gasteiger partial charge in [-0.15, -0.1) is 24.8 Å². The number of imidazole rings is 1. The van der Waals surface area contributed by atoms with Gasteiger partial charge in [0.2, 0.25) is 0 Å². The number of rotatable bonds is 9. The number of nitrogens with one attached hydrogen (secondary N) is 2. The fourth-order valence-electron chi connectivity index (χ4n) is 6.04. The van der Waals surface area contributed by atoms with Crippen LogP contribution in [0, 0.1) is 0 Å². The minimum absolute atomic E-state index is 0. The summed E-state index contributed by atoms with van der Waals surface area (Å²) in [5.74, 6) is -0.172. The molecule has 10 nitrogen and oxygen atoms in total. The van der Waals surface area contributed by atoms with Gasteiger partial charge in [0.15, 0.2) is 5.69 Å². The van der Waals surface area contributed by atoms with Gasteiger partial charge in [0.1, 0.15) is 5.60 Å². The van der Waals surface area contributed by atoms with Crippen LogP contribution < -0.4 is 10.6 Å². The standard InChI is InChI=1S/C31H39N5O5.2ClH/c1-40-21-31(39)16-9-8-14-26(31)36-22-33-27(28(36)23-10-4-2-5-11-23)29(37)35-18-17-32-20-25(35)15-19-41-30(38)34-24-12-6-3-7-13-24;;/h2-7,10-13,22,25-26,32,39H,8-9,14-21H2,1H3,(H,34,38);2*1H/t25-,26-,31-;;/m1../s1. The van der Waals surface area contributed by atoms with Crippen LogP contribution in [0.4, 0.5) is 10.5 Å². The molecule has 12 heteroatoms. The normalized spacial score (nSPS) is 21.7. The van der Waals surface area contributed by atoms with Gasteiger partial charge in [-0.1, -0.05) is 61.4 Å². The number of amides is 2. The van der Waals surface area contributed by atoms with Gasteiger partial charge in [-0.3, -0.25) is 10.1 Å². The minimum atomic E-state index is -1.05. The molecule has 1 aromatic heterocycles. The second-order valence-corrected chi connectivity index (χ2v) is 10.8. The highest BCUT2D eigenvalue weighted by atomic mass is 35.5. The number of para-hydroxylation sites is 1. The summed E-state index contributed by atoms with van der Waals surface area (Å²) in [6.45, 7) is 2.14. The van der Waals surface area contributed by atoms with Crippen LogP contribution in [-0.2, 0) is 9.47 Å². The summed E-state index contributed by atoms with van der Waals surface area (Å²) < 4.78 is 12.8. The van der Waals surface area contributed by atoms with E-state index in [9.17, 15) is 14.7 Å². The van der Waals surface area contributed by atoms with Gasteiger partial charge in [-0.2, -0.15) is 0 Å². The Labute approximate surface area is 265 Å². The summed E-state index contributed by atoms with van der Waals surface area (Å²) in [6.07, 6.45) is 4.94. The van der Waals surface area contributed by atoms with Crippen molar-refractivity contribution in [3.8, 4) is 11.3 Å². The van der Waals surface area contributed by atoms with Crippen LogP contribution in [0.3, 0.4) is 0 Å². The number of hydrogen-bond acceptors (Lipinski definition) is 7. The second-order valence-electron chi connectivity index (χ2n) is 10.8. The van der Waals surface area contributed by atoms with Crippen molar-refractivity contribution in [2.45, 2.75) is 49.8 Å². The number of anilines is 1. The van der Waals surface area contributed by atoms with Crippen LogP contribution in [0.1, 0.15) is 48.6 Å². The van der Waals surface area contributed by atoms with Crippen LogP contribution >= 0.6 is 24.8 Å². The minimum Gasteiger partial charge on any atom is -0.449 e. The number of piperazine rings is 1. The van der Waals surface area contributed by atoms with Crippen molar-refractivity contribution in [1.29, 1.82) is 0 Å². The van der Waals surface area contributed by atoms with E-state index in [0.29, 0.717) is 49.6 Å². The van der Waals surface area contributed by atoms with E-state index in [1.807, 2.05) is 58.0 Å². The first-order valence-corrected chi connectivity index (χ1v) is 14.3. The smallest absolute Gasteiger partial charge is 0.411 e. The lowest BCUT2D eigenvalue weighted by Crippen LogP contribution is -2.54. The first-order valence-electron chi connectivity index (χ1n) is 14.3. The maximum Gasteiger partial charge on any atom is 0.411 e. The van der Waals surface area contributed by atoms with Crippen molar-refractivity contribution in [1.82, 2.24) is 19.8 Å². The molecule has 2 aliphatic rings. The Hall–Kier alpha value is -3.15. The number of benzene rings is 2. The Morgan fingerprint density at radius 1 is 1.09 bits per heavy atom. The molecule has 5 rings (SSSR count). The third-order valence-corrected chi connectivity index (χ3v) is 8.05. The zero-order chi connectivity index (χ0) is 28.7. The van der Waals surface area contributed by atoms with E-state index in [1.165, 1.54) is 0 Å². The van der Waals surface area contributed by atoms with E-state index in [0.717, 1.165) is 24.8 Å². The molecule has 2 heterocycles. The Morgan fingerprint density at radius 2 is 1.81 bits per heavy atom. The van der Waals surface area contributed by atoms with Crippen LogP contribution in [0.15, 0.2) is 67.0 Å². The molecule has 2 amide bonds. The third-order valence-electron chi connectivity index (χ3n) is 8.05. The van der Waals surface area contributed by atoms with Crippen molar-refractivity contribution in [2.75, 3.05) is 45.3 Å². The molecule has 0 radical (unpaired) electrons. The fraction of sp³-hybridized carbons (Fsp3) is 0.452. The largest absolute Gasteiger partial charge is 0.449 e. The van der Waals surface area contributed by atoms with Crippen LogP contribution in [0.25, 0.3) is 11.3 Å². The molecule has 0 bridgehead atoms. The molecule has 1 aliphatic carbocycles. The van der Waals surface area contributed by atoms with Crippen molar-refractivity contribution in [3.05, 3.63) is 72.7 Å². The maximum absolute atomic E-state index is 14.1. The Balaban J connectivity index is 0.00000253. The highest BCUT2D eigenvalue weighted by molar-refractivity contribution is 5.98. The fourth-order valence-corrected chi connectivity index (χ4v) is 6.04. The van der Waals surface area contributed by atoms with Gasteiger partial charge in [0.25, 0.3) is 5.91 Å². The van der Waals surface area contributed by atoms with E-state index in [1.54, 1.807) is 25.6 Å². The predicted molar refractivity (Wildman–Crippen MR) is 170 cm³/mol. The lowest BCUT2D eigenvalue weighted by Gasteiger charge is -2.41. The zero-order valence-electron chi connectivity index (χ0n) is 24.3. The summed E-state index contributed by atoms with van der Waals surface area (Å²) >= 11 is 0. The number of halogens is 2. The molecule has 2 fully saturated rings. The molecular weight excluding hydrogens is 593 g/mol. The Bertz CT molecular complexity index is 1310. The van der Waals surface area contributed by atoms with Gasteiger partial charge < -0.3 is 29.4 Å². The molecule has 1 saturated carbocycles. The molecule has 1 aliphatic heterocycles. The number of carbonyl (C=O) groups excluding carboxylic acids is 2. The SMILES string of the molecule is COC[C@]1(O)CCCC[C@H]1n1cnc(C(=O)N2CCNC[C@H]2CCOC(=O)Nc2ccccc2)c1-c1ccccc1.Cl.Cl. The number of aromatic nitrogens is 2. The van der Waals surface area contributed by atoms with Gasteiger partial charge in [-0.25, -0.2) is 9.78 Å². The molecule has 3 aromatic rings. The number of aliphatic hydroxyl groups is 1. The van der Waals surface area contributed by atoms with E-state index in [-0.39, 0.29) is 56.0 Å². The van der Waals surface area contributed by atoms with Crippen molar-refractivity contribution < 1.29 is 24.2 Å². The topological polar surface area (TPSA) is 118 Å². The van der Waals surface area contributed by atoms with Crippen molar-refractivity contribution in [3.63, 3.8) is 0 Å². The summed E-state index contributed by atoms with van der Waals surface area (Å²) in [6, 6.07) is 18.4. The molecule has 234 valence electrons. The average molecular weight is 635 g/mol. The second kappa shape index (κ2) is 16.1. The highest BCUT2D eigenvalue weighted by Gasteiger charge is 2.42. The number of hydrogen-bond donors (Lipinski definition) is 3. The molecule has 3 N–H and O–H groups in total. The van der Waals surface area contributed by atoms with Crippen LogP contribution in [0.5, 0.6) is 0 Å². The van der Waals surface area contributed by atoms with Crippen LogP contribution in [0.2, 0.25) is 0 Å². The predicted octanol–water partition coefficient (Wildman–Crippen LogP) is 4.94. The average Bonchev–Trinajstić information content (AvgIpc) is 3.43. The molecule has 43 heavy (non-hydrogen) atoms. The van der Waals surface area contributed by atoms with E-state index < -0.39 is 11.7 Å². The Morgan fingerprint density at radius 3 is 2.53 bits per heavy atom. The van der Waals surface area contributed by atoms with Gasteiger partial charge in [0.05, 0.1) is 31.3 Å². The maximum atomic E-state index is 14.1. The van der Waals surface area contributed by atoms with Gasteiger partial charge in [0, 0.05) is 50.5 Å². The van der Waals surface area contributed by atoms with Crippen molar-refractivity contribution >= 4 is 42.5 Å². The van der Waals surface area contributed by atoms with Gasteiger partial charge in [-0.05, 0) is 25.0 Å². The first-order chi connectivity index (χ1) is 20.0. The summed E-state index contributed by atoms with van der Waals surface area (Å²) in [5.41, 5.74) is 1.54. The molecule has 2 aromatic carbocycles.